The van der Waals surface area contributed by atoms with Crippen molar-refractivity contribution in [2.24, 2.45) is 10.8 Å². The number of rotatable bonds is 8. The van der Waals surface area contributed by atoms with Crippen molar-refractivity contribution < 1.29 is 30.0 Å². The van der Waals surface area contributed by atoms with E-state index in [1.54, 1.807) is 0 Å². The molecule has 2 atom stereocenters. The average Bonchev–Trinajstić information content (AvgIpc) is 3.67. The van der Waals surface area contributed by atoms with Crippen LogP contribution in [0.4, 0.5) is 0 Å². The zero-order chi connectivity index (χ0) is 35.0. The Labute approximate surface area is 316 Å². The van der Waals surface area contributed by atoms with Crippen molar-refractivity contribution in [2.75, 3.05) is 0 Å². The van der Waals surface area contributed by atoms with Crippen LogP contribution in [-0.2, 0) is 30.3 Å². The molecule has 49 heavy (non-hydrogen) atoms. The number of thiophene rings is 1. The molecule has 0 bridgehead atoms. The SMILES string of the molecule is CCC(C)(CC)C(=O)/C=C(\O)C(C)(CC)CC.Cc1csc2c1C=CC1c3c(ccnc3-c3[c-]c4ccccc4c(C(C)(C)C)c3)SC21.[Ir]. The molecule has 6 rings (SSSR count). The van der Waals surface area contributed by atoms with E-state index in [1.165, 1.54) is 48.9 Å². The van der Waals surface area contributed by atoms with Gasteiger partial charge in [0.25, 0.3) is 0 Å². The fraction of sp³-hybridized carbons (Fsp3) is 0.442. The van der Waals surface area contributed by atoms with E-state index < -0.39 is 0 Å². The van der Waals surface area contributed by atoms with Gasteiger partial charge in [-0.25, -0.2) is 0 Å². The molecule has 3 heterocycles. The van der Waals surface area contributed by atoms with Crippen molar-refractivity contribution in [3.05, 3.63) is 99.1 Å². The van der Waals surface area contributed by atoms with E-state index >= 15 is 0 Å². The van der Waals surface area contributed by atoms with E-state index in [0.717, 1.165) is 36.9 Å². The van der Waals surface area contributed by atoms with Crippen LogP contribution in [0.15, 0.2) is 70.8 Å². The molecule has 1 radical (unpaired) electrons. The van der Waals surface area contributed by atoms with Gasteiger partial charge in [-0.1, -0.05) is 104 Å². The quantitative estimate of drug-likeness (QED) is 0.109. The number of pyridine rings is 1. The molecule has 263 valence electrons. The van der Waals surface area contributed by atoms with Crippen LogP contribution in [0.3, 0.4) is 0 Å². The summed E-state index contributed by atoms with van der Waals surface area (Å²) in [6, 6.07) is 16.9. The van der Waals surface area contributed by atoms with Crippen LogP contribution in [0.5, 0.6) is 0 Å². The molecular formula is C43H52IrNO2S2-. The van der Waals surface area contributed by atoms with E-state index in [-0.39, 0.29) is 47.9 Å². The Balaban J connectivity index is 0.000000260. The Morgan fingerprint density at radius 3 is 2.27 bits per heavy atom. The maximum Gasteiger partial charge on any atom is 0.164 e. The van der Waals surface area contributed by atoms with E-state index in [9.17, 15) is 9.90 Å². The van der Waals surface area contributed by atoms with E-state index in [4.69, 9.17) is 4.98 Å². The number of hydrogen-bond acceptors (Lipinski definition) is 5. The minimum Gasteiger partial charge on any atom is -0.512 e. The van der Waals surface area contributed by atoms with Crippen molar-refractivity contribution in [1.29, 1.82) is 0 Å². The number of benzene rings is 2. The Morgan fingerprint density at radius 1 is 0.980 bits per heavy atom. The number of aromatic nitrogens is 1. The smallest absolute Gasteiger partial charge is 0.164 e. The zero-order valence-corrected chi connectivity index (χ0v) is 34.8. The van der Waals surface area contributed by atoms with Crippen LogP contribution in [0.2, 0.25) is 0 Å². The number of carbonyl (C=O) groups excluding carboxylic acids is 1. The van der Waals surface area contributed by atoms with Gasteiger partial charge in [0.1, 0.15) is 5.76 Å². The van der Waals surface area contributed by atoms with Crippen LogP contribution in [0.25, 0.3) is 28.1 Å². The average molecular weight is 871 g/mol. The third-order valence-corrected chi connectivity index (χ3v) is 13.8. The number of aliphatic hydroxyl groups excluding tert-OH is 1. The number of ketones is 1. The predicted molar refractivity (Wildman–Crippen MR) is 207 cm³/mol. The predicted octanol–water partition coefficient (Wildman–Crippen LogP) is 13.0. The maximum atomic E-state index is 12.2. The standard InChI is InChI=1S/C28H24NS2.C15H28O2.Ir/c1-16-15-30-26-19(16)9-10-21-24-23(31-27(21)26)11-12-29-25(24)18-13-17-7-5-6-8-20(17)22(14-18)28(2,3)4;1-7-14(5,8-2)12(16)11-13(17)15(6,9-3)10-4;/h5-12,14-15,21,27H,1-4H3;11,16H,7-10H2,1-6H3;/q-1;;/b;12-11-;. The molecule has 0 amide bonds. The van der Waals surface area contributed by atoms with Crippen molar-refractivity contribution >= 4 is 45.7 Å². The Bertz CT molecular complexity index is 1870. The summed E-state index contributed by atoms with van der Waals surface area (Å²) in [5, 5.41) is 15.3. The van der Waals surface area contributed by atoms with Gasteiger partial charge in [0.2, 0.25) is 0 Å². The molecule has 3 nitrogen and oxygen atoms in total. The molecule has 1 aliphatic heterocycles. The van der Waals surface area contributed by atoms with Crippen molar-refractivity contribution in [3.63, 3.8) is 0 Å². The number of carbonyl (C=O) groups is 1. The van der Waals surface area contributed by atoms with Crippen molar-refractivity contribution in [1.82, 2.24) is 4.98 Å². The summed E-state index contributed by atoms with van der Waals surface area (Å²) in [5.41, 5.74) is 7.20. The molecule has 2 aromatic carbocycles. The van der Waals surface area contributed by atoms with E-state index in [0.29, 0.717) is 11.2 Å². The molecule has 2 aromatic heterocycles. The molecule has 0 spiro atoms. The topological polar surface area (TPSA) is 50.2 Å². The molecule has 6 heteroatoms. The normalized spacial score (nSPS) is 17.1. The summed E-state index contributed by atoms with van der Waals surface area (Å²) < 4.78 is 0. The van der Waals surface area contributed by atoms with Crippen LogP contribution in [0, 0.1) is 23.8 Å². The molecular weight excluding hydrogens is 819 g/mol. The number of allylic oxidation sites excluding steroid dienone is 3. The van der Waals surface area contributed by atoms with Gasteiger partial charge < -0.3 is 5.11 Å². The Hall–Kier alpha value is -2.50. The van der Waals surface area contributed by atoms with Crippen LogP contribution >= 0.6 is 23.1 Å². The van der Waals surface area contributed by atoms with Crippen LogP contribution in [-0.4, -0.2) is 15.9 Å². The van der Waals surface area contributed by atoms with Crippen LogP contribution in [0.1, 0.15) is 126 Å². The first-order valence-electron chi connectivity index (χ1n) is 17.5. The van der Waals surface area contributed by atoms with E-state index in [2.05, 4.69) is 87.7 Å². The van der Waals surface area contributed by atoms with Crippen LogP contribution < -0.4 is 0 Å². The number of hydrogen-bond donors (Lipinski definition) is 1. The minimum absolute atomic E-state index is 0. The number of aryl methyl sites for hydroxylation is 1. The summed E-state index contributed by atoms with van der Waals surface area (Å²) >= 11 is 3.91. The van der Waals surface area contributed by atoms with Gasteiger partial charge in [-0.3, -0.25) is 9.78 Å². The summed E-state index contributed by atoms with van der Waals surface area (Å²) in [6.07, 6.45) is 11.5. The largest absolute Gasteiger partial charge is 0.512 e. The number of aliphatic hydroxyl groups is 1. The van der Waals surface area contributed by atoms with Gasteiger partial charge in [0.05, 0.1) is 5.25 Å². The van der Waals surface area contributed by atoms with Crippen molar-refractivity contribution in [3.8, 4) is 11.3 Å². The summed E-state index contributed by atoms with van der Waals surface area (Å²) in [4.78, 5) is 20.0. The molecule has 2 unspecified atom stereocenters. The summed E-state index contributed by atoms with van der Waals surface area (Å²) in [6.45, 7) is 21.2. The number of thioether (sulfide) groups is 1. The number of nitrogens with zero attached hydrogens (tertiary/aromatic N) is 1. The van der Waals surface area contributed by atoms with Gasteiger partial charge in [-0.2, -0.15) is 0 Å². The van der Waals surface area contributed by atoms with Gasteiger partial charge in [0, 0.05) is 64.6 Å². The molecule has 1 aliphatic carbocycles. The summed E-state index contributed by atoms with van der Waals surface area (Å²) in [7, 11) is 0. The monoisotopic (exact) mass is 871 g/mol. The first kappa shape index (κ1) is 39.3. The molecule has 4 aromatic rings. The molecule has 0 fully saturated rings. The molecule has 0 saturated carbocycles. The van der Waals surface area contributed by atoms with Gasteiger partial charge in [-0.15, -0.1) is 52.2 Å². The van der Waals surface area contributed by atoms with E-state index in [1.807, 2.05) is 70.8 Å². The second kappa shape index (κ2) is 15.4. The van der Waals surface area contributed by atoms with Gasteiger partial charge in [-0.05, 0) is 66.2 Å². The maximum absolute atomic E-state index is 12.2. The third-order valence-electron chi connectivity index (χ3n) is 11.1. The minimum atomic E-state index is -0.337. The third kappa shape index (κ3) is 7.59. The van der Waals surface area contributed by atoms with Crippen molar-refractivity contribution in [2.45, 2.75) is 116 Å². The van der Waals surface area contributed by atoms with Gasteiger partial charge >= 0.3 is 0 Å². The first-order valence-corrected chi connectivity index (χ1v) is 19.3. The second-order valence-corrected chi connectivity index (χ2v) is 17.1. The summed E-state index contributed by atoms with van der Waals surface area (Å²) in [5.74, 6) is 0.654. The molecule has 0 saturated heterocycles. The number of fused-ring (bicyclic) bond motifs is 6. The molecule has 1 N–H and O–H groups in total. The fourth-order valence-corrected chi connectivity index (χ4v) is 9.40. The second-order valence-electron chi connectivity index (χ2n) is 15.0. The molecule has 2 aliphatic rings. The Kier molecular flexibility index (Phi) is 12.3. The van der Waals surface area contributed by atoms with Gasteiger partial charge in [0.15, 0.2) is 5.78 Å². The fourth-order valence-electron chi connectivity index (χ4n) is 6.64. The first-order chi connectivity index (χ1) is 22.7. The zero-order valence-electron chi connectivity index (χ0n) is 30.8. The Morgan fingerprint density at radius 2 is 1.63 bits per heavy atom.